The van der Waals surface area contributed by atoms with Gasteiger partial charge in [-0.1, -0.05) is 49.6 Å². The van der Waals surface area contributed by atoms with Gasteiger partial charge in [0.25, 0.3) is 5.91 Å². The maximum atomic E-state index is 13.5. The molecule has 2 N–H and O–H groups in total. The molecule has 0 atom stereocenters. The van der Waals surface area contributed by atoms with E-state index in [1.165, 1.54) is 24.2 Å². The maximum Gasteiger partial charge on any atom is 0.317 e. The lowest BCUT2D eigenvalue weighted by molar-refractivity contribution is -0.117. The van der Waals surface area contributed by atoms with Crippen molar-refractivity contribution in [2.45, 2.75) is 44.7 Å². The first-order valence-electron chi connectivity index (χ1n) is 15.4. The van der Waals surface area contributed by atoms with Crippen LogP contribution in [0.15, 0.2) is 72.8 Å². The van der Waals surface area contributed by atoms with E-state index >= 15 is 0 Å². The van der Waals surface area contributed by atoms with Gasteiger partial charge >= 0.3 is 6.03 Å². The van der Waals surface area contributed by atoms with Crippen LogP contribution >= 0.6 is 0 Å². The molecular formula is C34H39N5O5. The Morgan fingerprint density at radius 3 is 2.30 bits per heavy atom. The van der Waals surface area contributed by atoms with Gasteiger partial charge in [0.1, 0.15) is 6.54 Å². The molecule has 6 rings (SSSR count). The molecule has 2 aliphatic heterocycles. The summed E-state index contributed by atoms with van der Waals surface area (Å²) in [5.74, 6) is 0.549. The molecule has 1 saturated carbocycles. The smallest absolute Gasteiger partial charge is 0.317 e. The molecule has 10 heteroatoms. The number of urea groups is 1. The maximum absolute atomic E-state index is 13.5. The van der Waals surface area contributed by atoms with Crippen LogP contribution in [0.2, 0.25) is 0 Å². The van der Waals surface area contributed by atoms with Gasteiger partial charge < -0.3 is 34.8 Å². The molecule has 2 fully saturated rings. The molecule has 0 bridgehead atoms. The van der Waals surface area contributed by atoms with Gasteiger partial charge in [0.15, 0.2) is 11.5 Å². The SMILES string of the molecule is O=C(CN(Cc1ccccc1)C(=O)c1ccc2c(c1)OCO2)Nc1ccc(N2CCN(C(=O)NC3CCCCC3)CC2)cc1. The highest BCUT2D eigenvalue weighted by molar-refractivity contribution is 5.99. The fourth-order valence-corrected chi connectivity index (χ4v) is 6.03. The van der Waals surface area contributed by atoms with E-state index in [2.05, 4.69) is 15.5 Å². The highest BCUT2D eigenvalue weighted by Gasteiger charge is 2.25. The summed E-state index contributed by atoms with van der Waals surface area (Å²) in [4.78, 5) is 45.1. The fourth-order valence-electron chi connectivity index (χ4n) is 6.03. The molecule has 3 aromatic rings. The van der Waals surface area contributed by atoms with Crippen molar-refractivity contribution in [3.05, 3.63) is 83.9 Å². The van der Waals surface area contributed by atoms with Crippen molar-refractivity contribution in [3.8, 4) is 11.5 Å². The van der Waals surface area contributed by atoms with Crippen LogP contribution in [0, 0.1) is 0 Å². The summed E-state index contributed by atoms with van der Waals surface area (Å²) in [5.41, 5.74) is 3.04. The molecule has 0 spiro atoms. The van der Waals surface area contributed by atoms with E-state index in [-0.39, 0.29) is 37.7 Å². The first kappa shape index (κ1) is 29.3. The number of ether oxygens (including phenoxy) is 2. The molecule has 1 aliphatic carbocycles. The number of piperazine rings is 1. The third kappa shape index (κ3) is 7.24. The Balaban J connectivity index is 1.04. The Morgan fingerprint density at radius 1 is 0.818 bits per heavy atom. The number of carbonyl (C=O) groups excluding carboxylic acids is 3. The van der Waals surface area contributed by atoms with E-state index in [0.29, 0.717) is 41.9 Å². The van der Waals surface area contributed by atoms with Crippen LogP contribution in [0.25, 0.3) is 0 Å². The molecule has 0 radical (unpaired) electrons. The van der Waals surface area contributed by atoms with Crippen molar-refractivity contribution in [1.29, 1.82) is 0 Å². The lowest BCUT2D eigenvalue weighted by atomic mass is 9.96. The quantitative estimate of drug-likeness (QED) is 0.385. The molecule has 1 saturated heterocycles. The van der Waals surface area contributed by atoms with Crippen molar-refractivity contribution in [3.63, 3.8) is 0 Å². The fraction of sp³-hybridized carbons (Fsp3) is 0.382. The Morgan fingerprint density at radius 2 is 1.55 bits per heavy atom. The molecule has 44 heavy (non-hydrogen) atoms. The summed E-state index contributed by atoms with van der Waals surface area (Å²) in [7, 11) is 0. The molecule has 2 heterocycles. The van der Waals surface area contributed by atoms with E-state index in [9.17, 15) is 14.4 Å². The van der Waals surface area contributed by atoms with Gasteiger partial charge in [-0.15, -0.1) is 0 Å². The number of amides is 4. The third-order valence-electron chi connectivity index (χ3n) is 8.47. The normalized spacial score (nSPS) is 16.4. The number of hydrogen-bond donors (Lipinski definition) is 2. The van der Waals surface area contributed by atoms with E-state index in [0.717, 1.165) is 37.2 Å². The Bertz CT molecular complexity index is 1450. The van der Waals surface area contributed by atoms with Crippen LogP contribution in [0.1, 0.15) is 48.0 Å². The van der Waals surface area contributed by atoms with Gasteiger partial charge in [-0.05, 0) is 60.9 Å². The molecule has 0 unspecified atom stereocenters. The van der Waals surface area contributed by atoms with Crippen LogP contribution < -0.4 is 25.0 Å². The zero-order valence-corrected chi connectivity index (χ0v) is 24.9. The van der Waals surface area contributed by atoms with Crippen LogP contribution in [0.3, 0.4) is 0 Å². The number of nitrogens with zero attached hydrogens (tertiary/aromatic N) is 3. The second kappa shape index (κ2) is 13.7. The molecule has 4 amide bonds. The molecule has 230 valence electrons. The summed E-state index contributed by atoms with van der Waals surface area (Å²) in [6, 6.07) is 22.7. The Kier molecular flexibility index (Phi) is 9.14. The Hall–Kier alpha value is -4.73. The number of nitrogens with one attached hydrogen (secondary N) is 2. The summed E-state index contributed by atoms with van der Waals surface area (Å²) < 4.78 is 10.8. The lowest BCUT2D eigenvalue weighted by Gasteiger charge is -2.37. The summed E-state index contributed by atoms with van der Waals surface area (Å²) >= 11 is 0. The second-order valence-corrected chi connectivity index (χ2v) is 11.6. The van der Waals surface area contributed by atoms with E-state index in [1.54, 1.807) is 18.2 Å². The third-order valence-corrected chi connectivity index (χ3v) is 8.47. The largest absolute Gasteiger partial charge is 0.454 e. The number of anilines is 2. The summed E-state index contributed by atoms with van der Waals surface area (Å²) in [6.07, 6.45) is 5.81. The highest BCUT2D eigenvalue weighted by atomic mass is 16.7. The standard InChI is InChI=1S/C34H39N5O5/c40-32(23-39(22-25-7-3-1-4-8-25)33(41)26-11-16-30-31(21-26)44-24-43-30)35-28-12-14-29(15-13-28)37-17-19-38(20-18-37)34(42)36-27-9-5-2-6-10-27/h1,3-4,7-8,11-16,21,27H,2,5-6,9-10,17-20,22-24H2,(H,35,40)(H,36,42). The summed E-state index contributed by atoms with van der Waals surface area (Å²) in [6.45, 7) is 3.13. The van der Waals surface area contributed by atoms with Gasteiger partial charge in [-0.3, -0.25) is 9.59 Å². The van der Waals surface area contributed by atoms with Gasteiger partial charge in [0.2, 0.25) is 12.7 Å². The van der Waals surface area contributed by atoms with Crippen LogP contribution in [0.5, 0.6) is 11.5 Å². The summed E-state index contributed by atoms with van der Waals surface area (Å²) in [5, 5.41) is 6.15. The van der Waals surface area contributed by atoms with Gasteiger partial charge in [0, 0.05) is 55.7 Å². The van der Waals surface area contributed by atoms with Crippen LogP contribution in [-0.2, 0) is 11.3 Å². The van der Waals surface area contributed by atoms with Crippen molar-refractivity contribution in [2.75, 3.05) is 49.7 Å². The van der Waals surface area contributed by atoms with E-state index in [4.69, 9.17) is 9.47 Å². The predicted octanol–water partition coefficient (Wildman–Crippen LogP) is 4.86. The van der Waals surface area contributed by atoms with Crippen molar-refractivity contribution >= 4 is 29.2 Å². The molecular weight excluding hydrogens is 558 g/mol. The minimum atomic E-state index is -0.291. The van der Waals surface area contributed by atoms with Crippen LogP contribution in [-0.4, -0.2) is 73.2 Å². The number of fused-ring (bicyclic) bond motifs is 1. The lowest BCUT2D eigenvalue weighted by Crippen LogP contribution is -2.53. The van der Waals surface area contributed by atoms with Crippen molar-refractivity contribution in [2.24, 2.45) is 0 Å². The average molecular weight is 598 g/mol. The molecule has 3 aromatic carbocycles. The average Bonchev–Trinajstić information content (AvgIpc) is 3.54. The number of benzene rings is 3. The zero-order valence-electron chi connectivity index (χ0n) is 24.9. The zero-order chi connectivity index (χ0) is 30.3. The minimum Gasteiger partial charge on any atom is -0.454 e. The van der Waals surface area contributed by atoms with E-state index in [1.807, 2.05) is 59.5 Å². The van der Waals surface area contributed by atoms with Crippen molar-refractivity contribution in [1.82, 2.24) is 15.1 Å². The monoisotopic (exact) mass is 597 g/mol. The molecule has 10 nitrogen and oxygen atoms in total. The number of hydrogen-bond acceptors (Lipinski definition) is 6. The van der Waals surface area contributed by atoms with Crippen LogP contribution in [0.4, 0.5) is 16.2 Å². The van der Waals surface area contributed by atoms with Gasteiger partial charge in [-0.2, -0.15) is 0 Å². The molecule has 3 aliphatic rings. The highest BCUT2D eigenvalue weighted by Crippen LogP contribution is 2.33. The number of carbonyl (C=O) groups is 3. The first-order valence-corrected chi connectivity index (χ1v) is 15.4. The van der Waals surface area contributed by atoms with E-state index < -0.39 is 0 Å². The number of rotatable bonds is 8. The second-order valence-electron chi connectivity index (χ2n) is 11.6. The Labute approximate surface area is 257 Å². The van der Waals surface area contributed by atoms with Gasteiger partial charge in [-0.25, -0.2) is 4.79 Å². The topological polar surface area (TPSA) is 103 Å². The van der Waals surface area contributed by atoms with Crippen molar-refractivity contribution < 1.29 is 23.9 Å². The first-order chi connectivity index (χ1) is 21.5. The molecule has 0 aromatic heterocycles. The van der Waals surface area contributed by atoms with Gasteiger partial charge in [0.05, 0.1) is 0 Å². The predicted molar refractivity (Wildman–Crippen MR) is 168 cm³/mol. The minimum absolute atomic E-state index is 0.0490.